The fourth-order valence-electron chi connectivity index (χ4n) is 2.59. The maximum absolute atomic E-state index is 5.35. The molecule has 0 atom stereocenters. The zero-order valence-corrected chi connectivity index (χ0v) is 18.7. The summed E-state index contributed by atoms with van der Waals surface area (Å²) in [6.07, 6.45) is 4.65. The van der Waals surface area contributed by atoms with Crippen molar-refractivity contribution >= 4 is 29.9 Å². The van der Waals surface area contributed by atoms with E-state index in [-0.39, 0.29) is 24.0 Å². The molecule has 0 radical (unpaired) electrons. The molecule has 1 aromatic carbocycles. The molecule has 2 N–H and O–H groups in total. The van der Waals surface area contributed by atoms with Gasteiger partial charge in [0.05, 0.1) is 20.8 Å². The Bertz CT molecular complexity index is 738. The molecule has 0 aliphatic rings. The summed E-state index contributed by atoms with van der Waals surface area (Å²) in [4.78, 5) is 8.79. The Morgan fingerprint density at radius 2 is 1.89 bits per heavy atom. The molecule has 0 unspecified atom stereocenters. The minimum absolute atomic E-state index is 0. The van der Waals surface area contributed by atoms with Crippen LogP contribution in [0.5, 0.6) is 11.5 Å². The second-order valence-corrected chi connectivity index (χ2v) is 5.86. The number of benzene rings is 1. The van der Waals surface area contributed by atoms with Crippen molar-refractivity contribution < 1.29 is 9.47 Å². The van der Waals surface area contributed by atoms with E-state index in [1.807, 2.05) is 30.6 Å². The third kappa shape index (κ3) is 7.24. The molecule has 27 heavy (non-hydrogen) atoms. The van der Waals surface area contributed by atoms with Gasteiger partial charge in [0.1, 0.15) is 0 Å². The van der Waals surface area contributed by atoms with Crippen molar-refractivity contribution in [1.82, 2.24) is 15.6 Å². The molecule has 0 bridgehead atoms. The van der Waals surface area contributed by atoms with Crippen LogP contribution in [0.3, 0.4) is 0 Å². The van der Waals surface area contributed by atoms with Crippen LogP contribution in [0.4, 0.5) is 0 Å². The van der Waals surface area contributed by atoms with Crippen LogP contribution in [0.15, 0.2) is 41.7 Å². The van der Waals surface area contributed by atoms with Gasteiger partial charge in [0.2, 0.25) is 0 Å². The predicted molar refractivity (Wildman–Crippen MR) is 120 cm³/mol. The van der Waals surface area contributed by atoms with E-state index in [1.165, 1.54) is 11.1 Å². The third-order valence-corrected chi connectivity index (χ3v) is 4.04. The van der Waals surface area contributed by atoms with Crippen LogP contribution in [-0.2, 0) is 13.0 Å². The SMILES string of the molecule is CCNC(=NCc1ccc(OC)c(OC)c1)NCCc1ccncc1C.I. The van der Waals surface area contributed by atoms with Gasteiger partial charge in [-0.3, -0.25) is 4.98 Å². The first-order chi connectivity index (χ1) is 12.7. The van der Waals surface area contributed by atoms with Crippen LogP contribution in [-0.4, -0.2) is 38.3 Å². The molecule has 1 heterocycles. The molecule has 7 heteroatoms. The smallest absolute Gasteiger partial charge is 0.191 e. The van der Waals surface area contributed by atoms with E-state index in [4.69, 9.17) is 9.47 Å². The molecular weight excluding hydrogens is 455 g/mol. The van der Waals surface area contributed by atoms with E-state index < -0.39 is 0 Å². The van der Waals surface area contributed by atoms with Crippen LogP contribution >= 0.6 is 24.0 Å². The summed E-state index contributed by atoms with van der Waals surface area (Å²) in [5.41, 5.74) is 3.56. The van der Waals surface area contributed by atoms with Crippen molar-refractivity contribution in [3.63, 3.8) is 0 Å². The van der Waals surface area contributed by atoms with Crippen LogP contribution in [0.1, 0.15) is 23.6 Å². The zero-order chi connectivity index (χ0) is 18.8. The van der Waals surface area contributed by atoms with Gasteiger partial charge in [-0.25, -0.2) is 4.99 Å². The van der Waals surface area contributed by atoms with Crippen LogP contribution in [0.25, 0.3) is 0 Å². The first-order valence-electron chi connectivity index (χ1n) is 8.80. The molecule has 0 amide bonds. The molecule has 1 aromatic heterocycles. The first kappa shape index (κ1) is 23.0. The summed E-state index contributed by atoms with van der Waals surface area (Å²) in [6.45, 7) is 6.32. The Hall–Kier alpha value is -2.03. The average Bonchev–Trinajstić information content (AvgIpc) is 2.67. The van der Waals surface area contributed by atoms with Crippen LogP contribution in [0, 0.1) is 6.92 Å². The van der Waals surface area contributed by atoms with Crippen molar-refractivity contribution in [2.45, 2.75) is 26.8 Å². The number of rotatable bonds is 8. The van der Waals surface area contributed by atoms with E-state index >= 15 is 0 Å². The lowest BCUT2D eigenvalue weighted by Crippen LogP contribution is -2.38. The Kier molecular flexibility index (Phi) is 10.5. The van der Waals surface area contributed by atoms with Crippen molar-refractivity contribution in [3.8, 4) is 11.5 Å². The highest BCUT2D eigenvalue weighted by molar-refractivity contribution is 14.0. The first-order valence-corrected chi connectivity index (χ1v) is 8.80. The van der Waals surface area contributed by atoms with Crippen molar-refractivity contribution in [2.75, 3.05) is 27.3 Å². The van der Waals surface area contributed by atoms with Gasteiger partial charge in [0.15, 0.2) is 17.5 Å². The largest absolute Gasteiger partial charge is 0.493 e. The summed E-state index contributed by atoms with van der Waals surface area (Å²) in [7, 11) is 3.27. The maximum Gasteiger partial charge on any atom is 0.191 e. The monoisotopic (exact) mass is 484 g/mol. The topological polar surface area (TPSA) is 67.8 Å². The second kappa shape index (κ2) is 12.4. The van der Waals surface area contributed by atoms with Crippen molar-refractivity contribution in [3.05, 3.63) is 53.3 Å². The quantitative estimate of drug-likeness (QED) is 0.342. The van der Waals surface area contributed by atoms with Crippen LogP contribution in [0.2, 0.25) is 0 Å². The number of aryl methyl sites for hydroxylation is 1. The molecule has 0 fully saturated rings. The summed E-state index contributed by atoms with van der Waals surface area (Å²) >= 11 is 0. The molecule has 0 aliphatic heterocycles. The Morgan fingerprint density at radius 3 is 2.56 bits per heavy atom. The highest BCUT2D eigenvalue weighted by Crippen LogP contribution is 2.27. The summed E-state index contributed by atoms with van der Waals surface area (Å²) < 4.78 is 10.6. The van der Waals surface area contributed by atoms with Gasteiger partial charge in [-0.2, -0.15) is 0 Å². The molecule has 0 saturated carbocycles. The summed E-state index contributed by atoms with van der Waals surface area (Å²) in [5.74, 6) is 2.23. The number of ether oxygens (including phenoxy) is 2. The molecule has 148 valence electrons. The Morgan fingerprint density at radius 1 is 1.11 bits per heavy atom. The molecular formula is C20H29IN4O2. The highest BCUT2D eigenvalue weighted by Gasteiger charge is 2.05. The second-order valence-electron chi connectivity index (χ2n) is 5.86. The molecule has 0 spiro atoms. The minimum atomic E-state index is 0. The number of aromatic nitrogens is 1. The van der Waals surface area contributed by atoms with Crippen molar-refractivity contribution in [1.29, 1.82) is 0 Å². The number of hydrogen-bond acceptors (Lipinski definition) is 4. The minimum Gasteiger partial charge on any atom is -0.493 e. The van der Waals surface area contributed by atoms with Gasteiger partial charge in [0, 0.05) is 25.5 Å². The molecule has 6 nitrogen and oxygen atoms in total. The number of pyridine rings is 1. The van der Waals surface area contributed by atoms with Gasteiger partial charge in [-0.15, -0.1) is 24.0 Å². The normalized spacial score (nSPS) is 10.7. The Labute approximate surface area is 178 Å². The Balaban J connectivity index is 0.00000364. The van der Waals surface area contributed by atoms with E-state index in [1.54, 1.807) is 14.2 Å². The van der Waals surface area contributed by atoms with E-state index in [9.17, 15) is 0 Å². The number of guanidine groups is 1. The van der Waals surface area contributed by atoms with E-state index in [0.717, 1.165) is 36.8 Å². The van der Waals surface area contributed by atoms with Gasteiger partial charge in [-0.05, 0) is 55.2 Å². The number of halogens is 1. The predicted octanol–water partition coefficient (Wildman–Crippen LogP) is 3.32. The average molecular weight is 484 g/mol. The lowest BCUT2D eigenvalue weighted by Gasteiger charge is -2.13. The van der Waals surface area contributed by atoms with Gasteiger partial charge in [0.25, 0.3) is 0 Å². The molecule has 2 aromatic rings. The number of hydrogen-bond donors (Lipinski definition) is 2. The molecule has 0 saturated heterocycles. The fraction of sp³-hybridized carbons (Fsp3) is 0.400. The van der Waals surface area contributed by atoms with E-state index in [0.29, 0.717) is 12.3 Å². The number of nitrogens with one attached hydrogen (secondary N) is 2. The van der Waals surface area contributed by atoms with Crippen LogP contribution < -0.4 is 20.1 Å². The van der Waals surface area contributed by atoms with Gasteiger partial charge < -0.3 is 20.1 Å². The molecule has 2 rings (SSSR count). The highest BCUT2D eigenvalue weighted by atomic mass is 127. The number of aliphatic imine (C=N–C) groups is 1. The van der Waals surface area contributed by atoms with Gasteiger partial charge in [-0.1, -0.05) is 6.07 Å². The molecule has 0 aliphatic carbocycles. The lowest BCUT2D eigenvalue weighted by molar-refractivity contribution is 0.354. The van der Waals surface area contributed by atoms with Crippen molar-refractivity contribution in [2.24, 2.45) is 4.99 Å². The summed E-state index contributed by atoms with van der Waals surface area (Å²) in [6, 6.07) is 7.90. The lowest BCUT2D eigenvalue weighted by atomic mass is 10.1. The number of methoxy groups -OCH3 is 2. The standard InChI is InChI=1S/C20H28N4O2.HI/c1-5-22-20(23-11-9-17-8-10-21-13-15(17)2)24-14-16-6-7-18(25-3)19(12-16)26-4;/h6-8,10,12-13H,5,9,11,14H2,1-4H3,(H2,22,23,24);1H. The number of nitrogens with zero attached hydrogens (tertiary/aromatic N) is 2. The van der Waals surface area contributed by atoms with Gasteiger partial charge >= 0.3 is 0 Å². The third-order valence-electron chi connectivity index (χ3n) is 4.04. The van der Waals surface area contributed by atoms with E-state index in [2.05, 4.69) is 40.5 Å². The fourth-order valence-corrected chi connectivity index (χ4v) is 2.59. The maximum atomic E-state index is 5.35. The summed E-state index contributed by atoms with van der Waals surface area (Å²) in [5, 5.41) is 6.66. The zero-order valence-electron chi connectivity index (χ0n) is 16.4.